The fourth-order valence-electron chi connectivity index (χ4n) is 3.39. The molecular weight excluding hydrogens is 463 g/mol. The predicted octanol–water partition coefficient (Wildman–Crippen LogP) is 5.55. The van der Waals surface area contributed by atoms with Crippen molar-refractivity contribution < 1.29 is 19.1 Å². The van der Waals surface area contributed by atoms with Crippen LogP contribution in [0.4, 0.5) is 10.5 Å². The number of aryl methyl sites for hydroxylation is 1. The molecular formula is C25H18Cl2N2O4. The smallest absolute Gasteiger partial charge is 0.335 e. The van der Waals surface area contributed by atoms with Crippen LogP contribution in [0, 0.1) is 6.92 Å². The number of carbonyl (C=O) groups is 3. The summed E-state index contributed by atoms with van der Waals surface area (Å²) in [6.07, 6.45) is 1.35. The monoisotopic (exact) mass is 480 g/mol. The number of imide groups is 2. The first kappa shape index (κ1) is 22.6. The van der Waals surface area contributed by atoms with Gasteiger partial charge in [-0.25, -0.2) is 9.69 Å². The molecule has 3 aromatic carbocycles. The van der Waals surface area contributed by atoms with Crippen LogP contribution in [0.2, 0.25) is 10.0 Å². The van der Waals surface area contributed by atoms with Gasteiger partial charge in [-0.15, -0.1) is 0 Å². The maximum atomic E-state index is 13.2. The van der Waals surface area contributed by atoms with E-state index in [0.717, 1.165) is 16.0 Å². The molecule has 1 heterocycles. The van der Waals surface area contributed by atoms with Crippen molar-refractivity contribution in [1.82, 2.24) is 5.32 Å². The van der Waals surface area contributed by atoms with Gasteiger partial charge < -0.3 is 4.74 Å². The first-order chi connectivity index (χ1) is 15.8. The minimum Gasteiger partial charge on any atom is -0.488 e. The van der Waals surface area contributed by atoms with E-state index in [9.17, 15) is 14.4 Å². The Morgan fingerprint density at radius 2 is 1.76 bits per heavy atom. The fraction of sp³-hybridized carbons (Fsp3) is 0.0800. The lowest BCUT2D eigenvalue weighted by atomic mass is 10.1. The summed E-state index contributed by atoms with van der Waals surface area (Å²) in [6, 6.07) is 18.2. The first-order valence-electron chi connectivity index (χ1n) is 9.97. The van der Waals surface area contributed by atoms with E-state index in [0.29, 0.717) is 16.3 Å². The van der Waals surface area contributed by atoms with Crippen LogP contribution < -0.4 is 15.0 Å². The molecule has 3 aromatic rings. The summed E-state index contributed by atoms with van der Waals surface area (Å²) in [5, 5.41) is 2.77. The molecule has 8 heteroatoms. The topological polar surface area (TPSA) is 75.7 Å². The second kappa shape index (κ2) is 9.48. The molecule has 0 saturated carbocycles. The van der Waals surface area contributed by atoms with E-state index in [1.54, 1.807) is 36.4 Å². The van der Waals surface area contributed by atoms with Crippen molar-refractivity contribution in [3.8, 4) is 5.75 Å². The molecule has 0 spiro atoms. The summed E-state index contributed by atoms with van der Waals surface area (Å²) < 4.78 is 5.95. The van der Waals surface area contributed by atoms with Crippen LogP contribution in [0.25, 0.3) is 6.08 Å². The van der Waals surface area contributed by atoms with Gasteiger partial charge in [-0.3, -0.25) is 14.9 Å². The highest BCUT2D eigenvalue weighted by atomic mass is 35.5. The first-order valence-corrected chi connectivity index (χ1v) is 10.7. The molecule has 1 N–H and O–H groups in total. The Balaban J connectivity index is 1.69. The van der Waals surface area contributed by atoms with Crippen LogP contribution in [-0.4, -0.2) is 17.8 Å². The Morgan fingerprint density at radius 1 is 0.970 bits per heavy atom. The third kappa shape index (κ3) is 4.92. The van der Waals surface area contributed by atoms with Crippen LogP contribution in [-0.2, 0) is 16.2 Å². The summed E-state index contributed by atoms with van der Waals surface area (Å²) >= 11 is 12.3. The van der Waals surface area contributed by atoms with Gasteiger partial charge in [-0.2, -0.15) is 0 Å². The molecule has 166 valence electrons. The number of hydrogen-bond acceptors (Lipinski definition) is 4. The zero-order valence-electron chi connectivity index (χ0n) is 17.5. The van der Waals surface area contributed by atoms with E-state index in [-0.39, 0.29) is 22.9 Å². The Hall–Kier alpha value is -3.61. The van der Waals surface area contributed by atoms with E-state index in [4.69, 9.17) is 27.9 Å². The molecule has 4 amide bonds. The molecule has 1 aliphatic heterocycles. The van der Waals surface area contributed by atoms with Crippen molar-refractivity contribution in [1.29, 1.82) is 0 Å². The highest BCUT2D eigenvalue weighted by Crippen LogP contribution is 2.31. The Kier molecular flexibility index (Phi) is 6.49. The highest BCUT2D eigenvalue weighted by molar-refractivity contribution is 6.42. The molecule has 1 saturated heterocycles. The van der Waals surface area contributed by atoms with Crippen molar-refractivity contribution >= 4 is 52.8 Å². The number of urea groups is 1. The molecule has 0 unspecified atom stereocenters. The van der Waals surface area contributed by atoms with Crippen LogP contribution in [0.3, 0.4) is 0 Å². The van der Waals surface area contributed by atoms with Crippen molar-refractivity contribution in [3.63, 3.8) is 0 Å². The van der Waals surface area contributed by atoms with Crippen LogP contribution in [0.15, 0.2) is 72.3 Å². The SMILES string of the molecule is Cc1cccc(COc2ccc(Cl)cc2/C=C2\C(=O)NC(=O)N(c3ccccc3Cl)C2=O)c1. The van der Waals surface area contributed by atoms with Crippen LogP contribution >= 0.6 is 23.2 Å². The van der Waals surface area contributed by atoms with Crippen LogP contribution in [0.1, 0.15) is 16.7 Å². The lowest BCUT2D eigenvalue weighted by Gasteiger charge is -2.27. The van der Waals surface area contributed by atoms with Gasteiger partial charge >= 0.3 is 6.03 Å². The van der Waals surface area contributed by atoms with E-state index >= 15 is 0 Å². The maximum Gasteiger partial charge on any atom is 0.335 e. The van der Waals surface area contributed by atoms with E-state index < -0.39 is 17.8 Å². The van der Waals surface area contributed by atoms with Crippen molar-refractivity contribution in [2.75, 3.05) is 4.90 Å². The lowest BCUT2D eigenvalue weighted by molar-refractivity contribution is -0.122. The Bertz CT molecular complexity index is 1300. The average molecular weight is 481 g/mol. The Labute approximate surface area is 200 Å². The van der Waals surface area contributed by atoms with E-state index in [1.807, 2.05) is 31.2 Å². The minimum atomic E-state index is -0.878. The van der Waals surface area contributed by atoms with Gasteiger partial charge in [-0.05, 0) is 48.9 Å². The lowest BCUT2D eigenvalue weighted by Crippen LogP contribution is -2.54. The molecule has 0 radical (unpaired) electrons. The number of barbiturate groups is 1. The molecule has 0 bridgehead atoms. The Morgan fingerprint density at radius 3 is 2.52 bits per heavy atom. The minimum absolute atomic E-state index is 0.169. The molecule has 0 aromatic heterocycles. The summed E-state index contributed by atoms with van der Waals surface area (Å²) in [6.45, 7) is 2.27. The van der Waals surface area contributed by atoms with Gasteiger partial charge in [0.1, 0.15) is 17.9 Å². The number of nitrogens with one attached hydrogen (secondary N) is 1. The predicted molar refractivity (Wildman–Crippen MR) is 127 cm³/mol. The number of halogens is 2. The molecule has 33 heavy (non-hydrogen) atoms. The maximum absolute atomic E-state index is 13.2. The quantitative estimate of drug-likeness (QED) is 0.383. The van der Waals surface area contributed by atoms with E-state index in [1.165, 1.54) is 12.1 Å². The standard InChI is InChI=1S/C25H18Cl2N2O4/c1-15-5-4-6-16(11-15)14-33-22-10-9-18(26)12-17(22)13-19-23(30)28-25(32)29(24(19)31)21-8-3-2-7-20(21)27/h2-13H,14H2,1H3,(H,28,30,32)/b19-13+. The molecule has 0 aliphatic carbocycles. The van der Waals surface area contributed by atoms with E-state index in [2.05, 4.69) is 5.32 Å². The summed E-state index contributed by atoms with van der Waals surface area (Å²) in [5.41, 5.74) is 2.40. The van der Waals surface area contributed by atoms with Crippen molar-refractivity contribution in [3.05, 3.63) is 99.0 Å². The number of rotatable bonds is 5. The largest absolute Gasteiger partial charge is 0.488 e. The van der Waals surface area contributed by atoms with Crippen molar-refractivity contribution in [2.24, 2.45) is 0 Å². The number of ether oxygens (including phenoxy) is 1. The van der Waals surface area contributed by atoms with Gasteiger partial charge in [0, 0.05) is 10.6 Å². The van der Waals surface area contributed by atoms with Crippen LogP contribution in [0.5, 0.6) is 5.75 Å². The van der Waals surface area contributed by atoms with Gasteiger partial charge in [0.15, 0.2) is 0 Å². The molecule has 4 rings (SSSR count). The van der Waals surface area contributed by atoms with Gasteiger partial charge in [0.2, 0.25) is 0 Å². The normalized spacial score (nSPS) is 15.1. The zero-order valence-corrected chi connectivity index (χ0v) is 19.0. The van der Waals surface area contributed by atoms with Crippen molar-refractivity contribution in [2.45, 2.75) is 13.5 Å². The fourth-order valence-corrected chi connectivity index (χ4v) is 3.79. The third-order valence-corrected chi connectivity index (χ3v) is 5.50. The number of nitrogens with zero attached hydrogens (tertiary/aromatic N) is 1. The molecule has 0 atom stereocenters. The number of anilines is 1. The molecule has 1 aliphatic rings. The number of para-hydroxylation sites is 1. The summed E-state index contributed by atoms with van der Waals surface area (Å²) in [5.74, 6) is -1.20. The second-order valence-corrected chi connectivity index (χ2v) is 8.21. The second-order valence-electron chi connectivity index (χ2n) is 7.37. The highest BCUT2D eigenvalue weighted by Gasteiger charge is 2.37. The molecule has 1 fully saturated rings. The number of carbonyl (C=O) groups excluding carboxylic acids is 3. The number of amides is 4. The number of benzene rings is 3. The number of hydrogen-bond donors (Lipinski definition) is 1. The summed E-state index contributed by atoms with van der Waals surface area (Å²) in [7, 11) is 0. The van der Waals surface area contributed by atoms with Gasteiger partial charge in [0.25, 0.3) is 11.8 Å². The zero-order chi connectivity index (χ0) is 23.5. The summed E-state index contributed by atoms with van der Waals surface area (Å²) in [4.78, 5) is 38.9. The third-order valence-electron chi connectivity index (χ3n) is 4.94. The van der Waals surface area contributed by atoms with Gasteiger partial charge in [0.05, 0.1) is 10.7 Å². The average Bonchev–Trinajstić information content (AvgIpc) is 2.77. The molecule has 6 nitrogen and oxygen atoms in total. The van der Waals surface area contributed by atoms with Gasteiger partial charge in [-0.1, -0.05) is 65.2 Å².